The van der Waals surface area contributed by atoms with Crippen LogP contribution in [0.2, 0.25) is 0 Å². The summed E-state index contributed by atoms with van der Waals surface area (Å²) in [6.45, 7) is 5.94. The predicted octanol–water partition coefficient (Wildman–Crippen LogP) is 3.44. The van der Waals surface area contributed by atoms with E-state index in [1.54, 1.807) is 17.4 Å². The van der Waals surface area contributed by atoms with Crippen molar-refractivity contribution in [1.29, 1.82) is 0 Å². The summed E-state index contributed by atoms with van der Waals surface area (Å²) < 4.78 is 0. The number of hydrogen-bond acceptors (Lipinski definition) is 3. The molecule has 0 aliphatic carbocycles. The number of nitrogens with one attached hydrogen (secondary N) is 1. The SMILES string of the molecule is Cc1ccc(C(C)NC(=O)c2c(C)cccc2N)s1. The molecule has 0 radical (unpaired) electrons. The number of anilines is 1. The lowest BCUT2D eigenvalue weighted by Gasteiger charge is -2.14. The van der Waals surface area contributed by atoms with E-state index in [9.17, 15) is 4.79 Å². The van der Waals surface area contributed by atoms with Crippen LogP contribution in [-0.2, 0) is 0 Å². The van der Waals surface area contributed by atoms with Crippen molar-refractivity contribution in [3.63, 3.8) is 0 Å². The minimum Gasteiger partial charge on any atom is -0.398 e. The van der Waals surface area contributed by atoms with Gasteiger partial charge in [-0.05, 0) is 44.5 Å². The van der Waals surface area contributed by atoms with Gasteiger partial charge in [-0.15, -0.1) is 11.3 Å². The van der Waals surface area contributed by atoms with E-state index in [4.69, 9.17) is 5.73 Å². The van der Waals surface area contributed by atoms with Gasteiger partial charge in [0.15, 0.2) is 0 Å². The third-order valence-corrected chi connectivity index (χ3v) is 4.25. The Labute approximate surface area is 117 Å². The number of rotatable bonds is 3. The van der Waals surface area contributed by atoms with Crippen molar-refractivity contribution in [3.05, 3.63) is 51.2 Å². The molecule has 3 N–H and O–H groups in total. The number of nitrogens with two attached hydrogens (primary N) is 1. The zero-order valence-electron chi connectivity index (χ0n) is 11.4. The van der Waals surface area contributed by atoms with Crippen molar-refractivity contribution in [1.82, 2.24) is 5.32 Å². The summed E-state index contributed by atoms with van der Waals surface area (Å²) in [6.07, 6.45) is 0. The summed E-state index contributed by atoms with van der Waals surface area (Å²) in [5.41, 5.74) is 7.87. The summed E-state index contributed by atoms with van der Waals surface area (Å²) >= 11 is 1.70. The molecule has 0 aliphatic heterocycles. The molecule has 4 heteroatoms. The lowest BCUT2D eigenvalue weighted by Crippen LogP contribution is -2.27. The minimum atomic E-state index is -0.117. The van der Waals surface area contributed by atoms with Crippen molar-refractivity contribution in [2.75, 3.05) is 5.73 Å². The van der Waals surface area contributed by atoms with Crippen LogP contribution in [-0.4, -0.2) is 5.91 Å². The smallest absolute Gasteiger partial charge is 0.254 e. The highest BCUT2D eigenvalue weighted by Crippen LogP contribution is 2.23. The van der Waals surface area contributed by atoms with E-state index in [0.717, 1.165) is 10.4 Å². The van der Waals surface area contributed by atoms with Gasteiger partial charge in [0, 0.05) is 15.4 Å². The molecule has 1 unspecified atom stereocenters. The zero-order chi connectivity index (χ0) is 14.0. The van der Waals surface area contributed by atoms with E-state index < -0.39 is 0 Å². The highest BCUT2D eigenvalue weighted by Gasteiger charge is 2.16. The normalized spacial score (nSPS) is 12.2. The second kappa shape index (κ2) is 5.45. The van der Waals surface area contributed by atoms with Crippen LogP contribution in [0.1, 0.15) is 38.6 Å². The van der Waals surface area contributed by atoms with Crippen LogP contribution in [0.4, 0.5) is 5.69 Å². The highest BCUT2D eigenvalue weighted by atomic mass is 32.1. The minimum absolute atomic E-state index is 0.00907. The summed E-state index contributed by atoms with van der Waals surface area (Å²) in [7, 11) is 0. The van der Waals surface area contributed by atoms with Gasteiger partial charge in [0.1, 0.15) is 0 Å². The van der Waals surface area contributed by atoms with E-state index in [-0.39, 0.29) is 11.9 Å². The Morgan fingerprint density at radius 3 is 2.58 bits per heavy atom. The molecule has 0 aliphatic rings. The topological polar surface area (TPSA) is 55.1 Å². The van der Waals surface area contributed by atoms with Gasteiger partial charge in [0.2, 0.25) is 0 Å². The number of carbonyl (C=O) groups excluding carboxylic acids is 1. The summed E-state index contributed by atoms with van der Waals surface area (Å²) in [5.74, 6) is -0.117. The maximum absolute atomic E-state index is 12.3. The summed E-state index contributed by atoms with van der Waals surface area (Å²) in [4.78, 5) is 14.7. The molecule has 100 valence electrons. The first kappa shape index (κ1) is 13.6. The fraction of sp³-hybridized carbons (Fsp3) is 0.267. The van der Waals surface area contributed by atoms with Gasteiger partial charge in [-0.2, -0.15) is 0 Å². The Bertz CT molecular complexity index is 584. The van der Waals surface area contributed by atoms with E-state index in [0.29, 0.717) is 11.3 Å². The maximum Gasteiger partial charge on any atom is 0.254 e. The first-order valence-corrected chi connectivity index (χ1v) is 7.03. The van der Waals surface area contributed by atoms with Crippen molar-refractivity contribution >= 4 is 22.9 Å². The lowest BCUT2D eigenvalue weighted by molar-refractivity contribution is 0.0941. The lowest BCUT2D eigenvalue weighted by atomic mass is 10.1. The first-order valence-electron chi connectivity index (χ1n) is 6.21. The van der Waals surface area contributed by atoms with Crippen LogP contribution in [0.25, 0.3) is 0 Å². The Balaban J connectivity index is 2.17. The quantitative estimate of drug-likeness (QED) is 0.842. The Morgan fingerprint density at radius 1 is 1.26 bits per heavy atom. The Morgan fingerprint density at radius 2 is 2.00 bits per heavy atom. The van der Waals surface area contributed by atoms with Crippen molar-refractivity contribution < 1.29 is 4.79 Å². The molecule has 3 nitrogen and oxygen atoms in total. The van der Waals surface area contributed by atoms with Gasteiger partial charge in [-0.1, -0.05) is 12.1 Å². The Kier molecular flexibility index (Phi) is 3.90. The van der Waals surface area contributed by atoms with Crippen LogP contribution in [0.5, 0.6) is 0 Å². The fourth-order valence-corrected chi connectivity index (χ4v) is 2.91. The predicted molar refractivity (Wildman–Crippen MR) is 80.5 cm³/mol. The van der Waals surface area contributed by atoms with Crippen molar-refractivity contribution in [3.8, 4) is 0 Å². The van der Waals surface area contributed by atoms with Gasteiger partial charge >= 0.3 is 0 Å². The molecular weight excluding hydrogens is 256 g/mol. The third kappa shape index (κ3) is 2.96. The molecule has 0 bridgehead atoms. The van der Waals surface area contributed by atoms with Crippen molar-refractivity contribution in [2.45, 2.75) is 26.8 Å². The van der Waals surface area contributed by atoms with E-state index in [2.05, 4.69) is 18.3 Å². The second-order valence-electron chi connectivity index (χ2n) is 4.68. The number of amides is 1. The molecule has 0 saturated heterocycles. The van der Waals surface area contributed by atoms with Gasteiger partial charge in [0.25, 0.3) is 5.91 Å². The van der Waals surface area contributed by atoms with Crippen LogP contribution >= 0.6 is 11.3 Å². The molecule has 1 amide bonds. The van der Waals surface area contributed by atoms with Gasteiger partial charge in [-0.25, -0.2) is 0 Å². The average molecular weight is 274 g/mol. The maximum atomic E-state index is 12.3. The Hall–Kier alpha value is -1.81. The fourth-order valence-electron chi connectivity index (χ4n) is 2.03. The number of benzene rings is 1. The molecule has 1 heterocycles. The molecule has 19 heavy (non-hydrogen) atoms. The zero-order valence-corrected chi connectivity index (χ0v) is 12.2. The first-order chi connectivity index (χ1) is 8.99. The molecule has 1 atom stereocenters. The molecule has 2 aromatic rings. The van der Waals surface area contributed by atoms with Crippen LogP contribution in [0.15, 0.2) is 30.3 Å². The number of hydrogen-bond donors (Lipinski definition) is 2. The van der Waals surface area contributed by atoms with Gasteiger partial charge < -0.3 is 11.1 Å². The van der Waals surface area contributed by atoms with Gasteiger partial charge in [0.05, 0.1) is 11.6 Å². The molecular formula is C15H18N2OS. The third-order valence-electron chi connectivity index (χ3n) is 3.07. The van der Waals surface area contributed by atoms with Crippen LogP contribution in [0.3, 0.4) is 0 Å². The van der Waals surface area contributed by atoms with E-state index >= 15 is 0 Å². The number of aryl methyl sites for hydroxylation is 2. The largest absolute Gasteiger partial charge is 0.398 e. The van der Waals surface area contributed by atoms with Gasteiger partial charge in [-0.3, -0.25) is 4.79 Å². The summed E-state index contributed by atoms with van der Waals surface area (Å²) in [5, 5.41) is 3.00. The summed E-state index contributed by atoms with van der Waals surface area (Å²) in [6, 6.07) is 9.60. The van der Waals surface area contributed by atoms with E-state index in [1.807, 2.05) is 32.0 Å². The molecule has 1 aromatic carbocycles. The second-order valence-corrected chi connectivity index (χ2v) is 6.00. The number of carbonyl (C=O) groups is 1. The molecule has 0 fully saturated rings. The van der Waals surface area contributed by atoms with Crippen LogP contribution < -0.4 is 11.1 Å². The van der Waals surface area contributed by atoms with Crippen LogP contribution in [0, 0.1) is 13.8 Å². The van der Waals surface area contributed by atoms with E-state index in [1.165, 1.54) is 4.88 Å². The number of thiophene rings is 1. The molecule has 2 rings (SSSR count). The molecule has 0 spiro atoms. The standard InChI is InChI=1S/C15H18N2OS/c1-9-5-4-6-12(16)14(9)15(18)17-11(3)13-8-7-10(2)19-13/h4-8,11H,16H2,1-3H3,(H,17,18). The average Bonchev–Trinajstić information content (AvgIpc) is 2.75. The highest BCUT2D eigenvalue weighted by molar-refractivity contribution is 7.12. The molecule has 1 aromatic heterocycles. The monoisotopic (exact) mass is 274 g/mol. The van der Waals surface area contributed by atoms with Crippen molar-refractivity contribution in [2.24, 2.45) is 0 Å². The number of nitrogen functional groups attached to an aromatic ring is 1. The molecule has 0 saturated carbocycles.